The Kier molecular flexibility index (Phi) is 7.01. The third kappa shape index (κ3) is 5.57. The Morgan fingerprint density at radius 3 is 2.28 bits per heavy atom. The quantitative estimate of drug-likeness (QED) is 0.640. The van der Waals surface area contributed by atoms with Crippen molar-refractivity contribution in [3.8, 4) is 5.75 Å². The van der Waals surface area contributed by atoms with Crippen LogP contribution in [0.25, 0.3) is 0 Å². The second kappa shape index (κ2) is 9.01. The fourth-order valence-electron chi connectivity index (χ4n) is 1.96. The number of hydrogen-bond acceptors (Lipinski definition) is 3. The van der Waals surface area contributed by atoms with E-state index in [0.29, 0.717) is 33.9 Å². The zero-order valence-electron chi connectivity index (χ0n) is 13.8. The Morgan fingerprint density at radius 2 is 1.64 bits per heavy atom. The second-order valence-corrected chi connectivity index (χ2v) is 7.50. The van der Waals surface area contributed by atoms with Gasteiger partial charge in [0, 0.05) is 8.95 Å². The van der Waals surface area contributed by atoms with E-state index in [1.54, 1.807) is 42.5 Å². The minimum atomic E-state index is -0.458. The van der Waals surface area contributed by atoms with Gasteiger partial charge in [-0.1, -0.05) is 41.9 Å². The van der Waals surface area contributed by atoms with E-state index in [1.165, 1.54) is 0 Å². The molecule has 0 atom stereocenters. The van der Waals surface area contributed by atoms with Crippen molar-refractivity contribution in [3.63, 3.8) is 0 Å². The van der Waals surface area contributed by atoms with E-state index in [1.807, 2.05) is 13.8 Å². The molecule has 0 saturated heterocycles. The van der Waals surface area contributed by atoms with E-state index in [-0.39, 0.29) is 0 Å². The highest BCUT2D eigenvalue weighted by Crippen LogP contribution is 2.23. The van der Waals surface area contributed by atoms with Crippen molar-refractivity contribution in [1.82, 2.24) is 10.9 Å². The summed E-state index contributed by atoms with van der Waals surface area (Å²) in [6, 6.07) is 12.1. The lowest BCUT2D eigenvalue weighted by molar-refractivity contribution is 0.0843. The van der Waals surface area contributed by atoms with Gasteiger partial charge in [-0.05, 0) is 52.2 Å². The highest BCUT2D eigenvalue weighted by Gasteiger charge is 2.16. The number of carbonyl (C=O) groups excluding carboxylic acids is 2. The summed E-state index contributed by atoms with van der Waals surface area (Å²) in [4.78, 5) is 24.6. The van der Waals surface area contributed by atoms with Gasteiger partial charge in [-0.3, -0.25) is 20.4 Å². The average Bonchev–Trinajstić information content (AvgIpc) is 2.58. The highest BCUT2D eigenvalue weighted by molar-refractivity contribution is 9.10. The molecule has 5 nitrogen and oxygen atoms in total. The van der Waals surface area contributed by atoms with Crippen LogP contribution in [0.3, 0.4) is 0 Å². The van der Waals surface area contributed by atoms with E-state index in [9.17, 15) is 9.59 Å². The molecule has 0 aliphatic heterocycles. The number of hydrogen-bond donors (Lipinski definition) is 2. The first-order chi connectivity index (χ1) is 11.9. The number of amides is 2. The Balaban J connectivity index is 2.09. The minimum Gasteiger partial charge on any atom is -0.492 e. The summed E-state index contributed by atoms with van der Waals surface area (Å²) in [6.07, 6.45) is 0. The molecule has 0 saturated carbocycles. The third-order valence-electron chi connectivity index (χ3n) is 3.17. The molecule has 25 heavy (non-hydrogen) atoms. The van der Waals surface area contributed by atoms with Crippen molar-refractivity contribution in [2.24, 2.45) is 5.92 Å². The molecule has 0 bridgehead atoms. The Hall–Kier alpha value is -1.86. The number of hydrazine groups is 1. The molecule has 2 aromatic carbocycles. The topological polar surface area (TPSA) is 67.4 Å². The normalized spacial score (nSPS) is 10.4. The van der Waals surface area contributed by atoms with Gasteiger partial charge in [0.25, 0.3) is 11.8 Å². The van der Waals surface area contributed by atoms with Gasteiger partial charge in [-0.15, -0.1) is 0 Å². The van der Waals surface area contributed by atoms with Crippen LogP contribution < -0.4 is 15.6 Å². The van der Waals surface area contributed by atoms with E-state index in [0.717, 1.165) is 4.47 Å². The van der Waals surface area contributed by atoms with Crippen molar-refractivity contribution < 1.29 is 14.3 Å². The van der Waals surface area contributed by atoms with Crippen LogP contribution in [0.4, 0.5) is 0 Å². The summed E-state index contributed by atoms with van der Waals surface area (Å²) in [5.74, 6) is -0.0832. The average molecular weight is 470 g/mol. The Labute approximate surface area is 163 Å². The standard InChI is InChI=1S/C18H18Br2N2O3/c1-11(2)10-25-16-8-7-12(19)9-14(16)18(24)22-21-17(23)13-5-3-4-6-15(13)20/h3-9,11H,10H2,1-2H3,(H,21,23)(H,22,24). The van der Waals surface area contributed by atoms with E-state index < -0.39 is 11.8 Å². The molecule has 0 radical (unpaired) electrons. The number of rotatable bonds is 5. The second-order valence-electron chi connectivity index (χ2n) is 5.73. The van der Waals surface area contributed by atoms with Gasteiger partial charge in [-0.2, -0.15) is 0 Å². The van der Waals surface area contributed by atoms with Crippen molar-refractivity contribution in [2.75, 3.05) is 6.61 Å². The first kappa shape index (κ1) is 19.5. The lowest BCUT2D eigenvalue weighted by Gasteiger charge is -2.14. The Bertz CT molecular complexity index is 779. The lowest BCUT2D eigenvalue weighted by Crippen LogP contribution is -2.41. The van der Waals surface area contributed by atoms with Crippen LogP contribution in [0.5, 0.6) is 5.75 Å². The Morgan fingerprint density at radius 1 is 1.00 bits per heavy atom. The van der Waals surface area contributed by atoms with Crippen molar-refractivity contribution in [3.05, 3.63) is 62.5 Å². The highest BCUT2D eigenvalue weighted by atomic mass is 79.9. The number of nitrogens with one attached hydrogen (secondary N) is 2. The first-order valence-corrected chi connectivity index (χ1v) is 9.24. The molecule has 0 fully saturated rings. The number of benzene rings is 2. The largest absolute Gasteiger partial charge is 0.492 e. The van der Waals surface area contributed by atoms with E-state index in [2.05, 4.69) is 42.7 Å². The summed E-state index contributed by atoms with van der Waals surface area (Å²) >= 11 is 6.65. The predicted molar refractivity (Wildman–Crippen MR) is 104 cm³/mol. The molecule has 0 unspecified atom stereocenters. The van der Waals surface area contributed by atoms with Crippen LogP contribution >= 0.6 is 31.9 Å². The molecule has 0 aromatic heterocycles. The summed E-state index contributed by atoms with van der Waals surface area (Å²) in [6.45, 7) is 4.54. The number of ether oxygens (including phenoxy) is 1. The van der Waals surface area contributed by atoms with E-state index >= 15 is 0 Å². The van der Waals surface area contributed by atoms with Gasteiger partial charge in [0.15, 0.2) is 0 Å². The smallest absolute Gasteiger partial charge is 0.273 e. The van der Waals surface area contributed by atoms with Crippen molar-refractivity contribution >= 4 is 43.7 Å². The van der Waals surface area contributed by atoms with E-state index in [4.69, 9.17) is 4.74 Å². The number of carbonyl (C=O) groups is 2. The monoisotopic (exact) mass is 468 g/mol. The zero-order chi connectivity index (χ0) is 18.4. The molecule has 0 aliphatic rings. The molecule has 2 amide bonds. The van der Waals surface area contributed by atoms with Gasteiger partial charge in [0.2, 0.25) is 0 Å². The maximum absolute atomic E-state index is 12.4. The zero-order valence-corrected chi connectivity index (χ0v) is 17.0. The predicted octanol–water partition coefficient (Wildman–Crippen LogP) is 4.32. The fourth-order valence-corrected chi connectivity index (χ4v) is 2.78. The van der Waals surface area contributed by atoms with Gasteiger partial charge in [0.1, 0.15) is 5.75 Å². The van der Waals surface area contributed by atoms with Gasteiger partial charge >= 0.3 is 0 Å². The molecule has 2 aromatic rings. The van der Waals surface area contributed by atoms with Gasteiger partial charge in [0.05, 0.1) is 17.7 Å². The molecule has 2 rings (SSSR count). The lowest BCUT2D eigenvalue weighted by atomic mass is 10.2. The molecule has 132 valence electrons. The van der Waals surface area contributed by atoms with Crippen molar-refractivity contribution in [1.29, 1.82) is 0 Å². The van der Waals surface area contributed by atoms with Gasteiger partial charge in [-0.25, -0.2) is 0 Å². The first-order valence-electron chi connectivity index (χ1n) is 7.66. The van der Waals surface area contributed by atoms with Crippen LogP contribution in [0, 0.1) is 5.92 Å². The minimum absolute atomic E-state index is 0.328. The van der Waals surface area contributed by atoms with Crippen LogP contribution in [-0.4, -0.2) is 18.4 Å². The maximum atomic E-state index is 12.4. The van der Waals surface area contributed by atoms with Crippen LogP contribution in [0.2, 0.25) is 0 Å². The SMILES string of the molecule is CC(C)COc1ccc(Br)cc1C(=O)NNC(=O)c1ccccc1Br. The van der Waals surface area contributed by atoms with Crippen molar-refractivity contribution in [2.45, 2.75) is 13.8 Å². The molecule has 2 N–H and O–H groups in total. The third-order valence-corrected chi connectivity index (χ3v) is 4.35. The summed E-state index contributed by atoms with van der Waals surface area (Å²) < 4.78 is 7.07. The summed E-state index contributed by atoms with van der Waals surface area (Å²) in [7, 11) is 0. The molecular formula is C18H18Br2N2O3. The summed E-state index contributed by atoms with van der Waals surface area (Å²) in [5, 5.41) is 0. The summed E-state index contributed by atoms with van der Waals surface area (Å²) in [5.41, 5.74) is 5.59. The van der Waals surface area contributed by atoms with Crippen LogP contribution in [0.15, 0.2) is 51.4 Å². The van der Waals surface area contributed by atoms with Crippen LogP contribution in [-0.2, 0) is 0 Å². The number of halogens is 2. The van der Waals surface area contributed by atoms with Gasteiger partial charge < -0.3 is 4.74 Å². The molecule has 7 heteroatoms. The molecule has 0 spiro atoms. The molecule has 0 aliphatic carbocycles. The molecular weight excluding hydrogens is 452 g/mol. The fraction of sp³-hybridized carbons (Fsp3) is 0.222. The molecule has 0 heterocycles. The maximum Gasteiger partial charge on any atom is 0.273 e. The van der Waals surface area contributed by atoms with Crippen LogP contribution in [0.1, 0.15) is 34.6 Å².